The van der Waals surface area contributed by atoms with Crippen molar-refractivity contribution in [3.8, 4) is 0 Å². The fraction of sp³-hybridized carbons (Fsp3) is 0.208. The van der Waals surface area contributed by atoms with Crippen molar-refractivity contribution in [3.63, 3.8) is 0 Å². The number of rotatable bonds is 4. The summed E-state index contributed by atoms with van der Waals surface area (Å²) in [6.45, 7) is 0. The van der Waals surface area contributed by atoms with Crippen LogP contribution < -0.4 is 0 Å². The van der Waals surface area contributed by atoms with Gasteiger partial charge >= 0.3 is 0 Å². The van der Waals surface area contributed by atoms with Gasteiger partial charge < -0.3 is 9.64 Å². The molecule has 30 heavy (non-hydrogen) atoms. The molecule has 3 aromatic carbocycles. The van der Waals surface area contributed by atoms with E-state index in [-0.39, 0.29) is 23.9 Å². The van der Waals surface area contributed by atoms with E-state index in [9.17, 15) is 9.18 Å². The van der Waals surface area contributed by atoms with Gasteiger partial charge in [0.25, 0.3) is 5.91 Å². The maximum absolute atomic E-state index is 13.3. The second-order valence-electron chi connectivity index (χ2n) is 7.37. The number of halogens is 3. The lowest BCUT2D eigenvalue weighted by Crippen LogP contribution is -2.49. The number of likely N-dealkylation sites (N-methyl/N-ethyl adjacent to an activating group) is 1. The molecule has 0 aliphatic carbocycles. The minimum atomic E-state index is -0.638. The standard InChI is InChI=1S/C24H20Br2FNO2/c1-28-22(16-4-8-18(25)9-5-16)23(17-6-10-19(26)11-7-17)30-21(24(28)29)14-15-2-12-20(27)13-3-15/h2-13,21-23H,14H2,1H3. The Morgan fingerprint density at radius 1 is 0.867 bits per heavy atom. The first-order valence-electron chi connectivity index (χ1n) is 9.60. The van der Waals surface area contributed by atoms with E-state index in [1.807, 2.05) is 55.6 Å². The molecule has 0 saturated carbocycles. The molecule has 1 heterocycles. The highest BCUT2D eigenvalue weighted by Crippen LogP contribution is 2.42. The number of carbonyl (C=O) groups is 1. The zero-order valence-electron chi connectivity index (χ0n) is 16.3. The van der Waals surface area contributed by atoms with Crippen molar-refractivity contribution in [2.24, 2.45) is 0 Å². The van der Waals surface area contributed by atoms with Gasteiger partial charge in [0.1, 0.15) is 18.0 Å². The fourth-order valence-electron chi connectivity index (χ4n) is 3.82. The maximum atomic E-state index is 13.3. The Hall–Kier alpha value is -2.02. The minimum Gasteiger partial charge on any atom is -0.358 e. The number of carbonyl (C=O) groups excluding carboxylic acids is 1. The first-order valence-corrected chi connectivity index (χ1v) is 11.2. The third kappa shape index (κ3) is 4.51. The molecule has 6 heteroatoms. The lowest BCUT2D eigenvalue weighted by atomic mass is 9.91. The summed E-state index contributed by atoms with van der Waals surface area (Å²) in [6, 6.07) is 21.9. The highest BCUT2D eigenvalue weighted by molar-refractivity contribution is 9.10. The molecule has 154 valence electrons. The quantitative estimate of drug-likeness (QED) is 0.398. The first kappa shape index (κ1) is 21.2. The van der Waals surface area contributed by atoms with E-state index >= 15 is 0 Å². The normalized spacial score (nSPS) is 21.7. The van der Waals surface area contributed by atoms with E-state index in [0.717, 1.165) is 25.6 Å². The van der Waals surface area contributed by atoms with Crippen LogP contribution in [0.5, 0.6) is 0 Å². The van der Waals surface area contributed by atoms with Gasteiger partial charge in [-0.25, -0.2) is 4.39 Å². The molecule has 0 spiro atoms. The van der Waals surface area contributed by atoms with Crippen LogP contribution in [0.3, 0.4) is 0 Å². The van der Waals surface area contributed by atoms with Gasteiger partial charge in [-0.1, -0.05) is 68.3 Å². The minimum absolute atomic E-state index is 0.0828. The van der Waals surface area contributed by atoms with E-state index in [0.29, 0.717) is 6.42 Å². The second kappa shape index (κ2) is 9.00. The smallest absolute Gasteiger partial charge is 0.252 e. The Bertz CT molecular complexity index is 1020. The molecule has 1 amide bonds. The Kier molecular flexibility index (Phi) is 6.37. The van der Waals surface area contributed by atoms with Crippen LogP contribution in [0.4, 0.5) is 4.39 Å². The van der Waals surface area contributed by atoms with Crippen molar-refractivity contribution in [1.82, 2.24) is 4.90 Å². The number of benzene rings is 3. The number of hydrogen-bond donors (Lipinski definition) is 0. The van der Waals surface area contributed by atoms with E-state index in [1.165, 1.54) is 12.1 Å². The van der Waals surface area contributed by atoms with Crippen molar-refractivity contribution in [3.05, 3.63) is 104 Å². The monoisotopic (exact) mass is 531 g/mol. The maximum Gasteiger partial charge on any atom is 0.252 e. The number of hydrogen-bond acceptors (Lipinski definition) is 2. The predicted octanol–water partition coefficient (Wildman–Crippen LogP) is 6.23. The number of morpholine rings is 1. The number of ether oxygens (including phenoxy) is 1. The Morgan fingerprint density at radius 2 is 1.40 bits per heavy atom. The summed E-state index contributed by atoms with van der Waals surface area (Å²) in [5.41, 5.74) is 2.86. The summed E-state index contributed by atoms with van der Waals surface area (Å²) in [4.78, 5) is 15.0. The molecule has 0 bridgehead atoms. The summed E-state index contributed by atoms with van der Waals surface area (Å²) in [5.74, 6) is -0.379. The lowest BCUT2D eigenvalue weighted by Gasteiger charge is -2.43. The summed E-state index contributed by atoms with van der Waals surface area (Å²) in [5, 5.41) is 0. The van der Waals surface area contributed by atoms with Gasteiger partial charge in [-0.05, 0) is 53.1 Å². The van der Waals surface area contributed by atoms with E-state index < -0.39 is 6.10 Å². The molecule has 0 aromatic heterocycles. The van der Waals surface area contributed by atoms with Crippen molar-refractivity contribution in [2.75, 3.05) is 7.05 Å². The van der Waals surface area contributed by atoms with Gasteiger partial charge in [0, 0.05) is 22.4 Å². The zero-order chi connectivity index (χ0) is 21.3. The molecule has 0 radical (unpaired) electrons. The number of amides is 1. The summed E-state index contributed by atoms with van der Waals surface area (Å²) < 4.78 is 21.6. The summed E-state index contributed by atoms with van der Waals surface area (Å²) >= 11 is 6.95. The molecular formula is C24H20Br2FNO2. The van der Waals surface area contributed by atoms with Crippen molar-refractivity contribution in [1.29, 1.82) is 0 Å². The molecule has 3 aromatic rings. The van der Waals surface area contributed by atoms with Crippen LogP contribution in [0.15, 0.2) is 81.7 Å². The Morgan fingerprint density at radius 3 is 1.97 bits per heavy atom. The largest absolute Gasteiger partial charge is 0.358 e. The molecule has 3 nitrogen and oxygen atoms in total. The van der Waals surface area contributed by atoms with E-state index in [2.05, 4.69) is 31.9 Å². The molecule has 1 aliphatic heterocycles. The van der Waals surface area contributed by atoms with Gasteiger partial charge in [-0.15, -0.1) is 0 Å². The zero-order valence-corrected chi connectivity index (χ0v) is 19.4. The SMILES string of the molecule is CN1C(=O)C(Cc2ccc(F)cc2)OC(c2ccc(Br)cc2)C1c1ccc(Br)cc1. The van der Waals surface area contributed by atoms with Crippen LogP contribution in [0.1, 0.15) is 28.8 Å². The van der Waals surface area contributed by atoms with Crippen molar-refractivity contribution < 1.29 is 13.9 Å². The van der Waals surface area contributed by atoms with Gasteiger partial charge in [0.05, 0.1) is 6.04 Å². The third-order valence-electron chi connectivity index (χ3n) is 5.38. The molecule has 3 unspecified atom stereocenters. The lowest BCUT2D eigenvalue weighted by molar-refractivity contribution is -0.171. The summed E-state index contributed by atoms with van der Waals surface area (Å²) in [6.07, 6.45) is -0.572. The molecular weight excluding hydrogens is 513 g/mol. The van der Waals surface area contributed by atoms with Gasteiger partial charge in [0.15, 0.2) is 0 Å². The summed E-state index contributed by atoms with van der Waals surface area (Å²) in [7, 11) is 1.82. The first-order chi connectivity index (χ1) is 14.4. The molecule has 0 N–H and O–H groups in total. The van der Waals surface area contributed by atoms with Crippen LogP contribution in [0.2, 0.25) is 0 Å². The molecule has 1 aliphatic rings. The average molecular weight is 533 g/mol. The Balaban J connectivity index is 1.69. The highest BCUT2D eigenvalue weighted by Gasteiger charge is 2.42. The topological polar surface area (TPSA) is 29.5 Å². The van der Waals surface area contributed by atoms with E-state index in [4.69, 9.17) is 4.74 Å². The van der Waals surface area contributed by atoms with Crippen molar-refractivity contribution in [2.45, 2.75) is 24.7 Å². The molecule has 1 saturated heterocycles. The Labute approximate surface area is 192 Å². The molecule has 4 rings (SSSR count). The van der Waals surface area contributed by atoms with Crippen LogP contribution in [-0.4, -0.2) is 24.0 Å². The highest BCUT2D eigenvalue weighted by atomic mass is 79.9. The average Bonchev–Trinajstić information content (AvgIpc) is 2.74. The van der Waals surface area contributed by atoms with Gasteiger partial charge in [0.2, 0.25) is 0 Å². The second-order valence-corrected chi connectivity index (χ2v) is 9.20. The van der Waals surface area contributed by atoms with Crippen LogP contribution in [0.25, 0.3) is 0 Å². The van der Waals surface area contributed by atoms with Crippen LogP contribution in [-0.2, 0) is 16.0 Å². The molecule has 3 atom stereocenters. The third-order valence-corrected chi connectivity index (χ3v) is 6.44. The predicted molar refractivity (Wildman–Crippen MR) is 122 cm³/mol. The van der Waals surface area contributed by atoms with Gasteiger partial charge in [-0.2, -0.15) is 0 Å². The van der Waals surface area contributed by atoms with E-state index in [1.54, 1.807) is 17.0 Å². The molecule has 1 fully saturated rings. The van der Waals surface area contributed by atoms with Crippen LogP contribution >= 0.6 is 31.9 Å². The fourth-order valence-corrected chi connectivity index (χ4v) is 4.35. The van der Waals surface area contributed by atoms with Crippen molar-refractivity contribution >= 4 is 37.8 Å². The van der Waals surface area contributed by atoms with Gasteiger partial charge in [-0.3, -0.25) is 4.79 Å². The number of nitrogens with zero attached hydrogens (tertiary/aromatic N) is 1. The van der Waals surface area contributed by atoms with Crippen LogP contribution in [0, 0.1) is 5.82 Å².